The summed E-state index contributed by atoms with van der Waals surface area (Å²) in [5, 5.41) is -0.491. The van der Waals surface area contributed by atoms with Crippen LogP contribution < -0.4 is 0 Å². The van der Waals surface area contributed by atoms with E-state index in [1.807, 2.05) is 0 Å². The highest BCUT2D eigenvalue weighted by Gasteiger charge is 2.21. The van der Waals surface area contributed by atoms with Crippen LogP contribution in [0.2, 0.25) is 5.02 Å². The first kappa shape index (κ1) is 10.9. The van der Waals surface area contributed by atoms with Gasteiger partial charge in [0.2, 0.25) is 0 Å². The van der Waals surface area contributed by atoms with Crippen molar-refractivity contribution < 1.29 is 16.7 Å². The summed E-state index contributed by atoms with van der Waals surface area (Å²) >= 11 is 8.02. The molecular formula is C6H2BrClF2O2S. The Bertz CT molecular complexity index is 423. The summed E-state index contributed by atoms with van der Waals surface area (Å²) in [6.07, 6.45) is 0. The van der Waals surface area contributed by atoms with Crippen molar-refractivity contribution in [2.75, 3.05) is 0 Å². The van der Waals surface area contributed by atoms with Crippen molar-refractivity contribution in [2.45, 2.75) is 4.90 Å². The molecule has 0 N–H and O–H groups in total. The molecule has 0 aromatic heterocycles. The van der Waals surface area contributed by atoms with E-state index in [0.717, 1.165) is 12.1 Å². The van der Waals surface area contributed by atoms with Gasteiger partial charge in [0.1, 0.15) is 10.7 Å². The van der Waals surface area contributed by atoms with Crippen LogP contribution in [0.5, 0.6) is 0 Å². The van der Waals surface area contributed by atoms with Crippen molar-refractivity contribution in [3.63, 3.8) is 0 Å². The average molecular weight is 292 g/mol. The Kier molecular flexibility index (Phi) is 2.94. The van der Waals surface area contributed by atoms with Crippen molar-refractivity contribution >= 4 is 37.8 Å². The second-order valence-electron chi connectivity index (χ2n) is 2.14. The minimum absolute atomic E-state index is 0.236. The third-order valence-electron chi connectivity index (χ3n) is 1.21. The molecule has 0 heterocycles. The van der Waals surface area contributed by atoms with Gasteiger partial charge in [-0.25, -0.2) is 4.39 Å². The Hall–Kier alpha value is -0.200. The largest absolute Gasteiger partial charge is 0.334 e. The third kappa shape index (κ3) is 2.38. The molecule has 72 valence electrons. The molecule has 0 fully saturated rings. The number of hydrogen-bond acceptors (Lipinski definition) is 2. The molecule has 0 amide bonds. The molecule has 0 bridgehead atoms. The maximum atomic E-state index is 12.6. The normalized spacial score (nSPS) is 11.7. The molecule has 1 aromatic rings. The van der Waals surface area contributed by atoms with Gasteiger partial charge >= 0.3 is 10.2 Å². The first-order valence-corrected chi connectivity index (χ1v) is 5.47. The van der Waals surface area contributed by atoms with Gasteiger partial charge in [-0.05, 0) is 28.1 Å². The van der Waals surface area contributed by atoms with E-state index in [0.29, 0.717) is 0 Å². The van der Waals surface area contributed by atoms with E-state index in [2.05, 4.69) is 15.9 Å². The van der Waals surface area contributed by atoms with Crippen molar-refractivity contribution in [3.8, 4) is 0 Å². The minimum Gasteiger partial charge on any atom is -0.207 e. The zero-order valence-electron chi connectivity index (χ0n) is 5.89. The lowest BCUT2D eigenvalue weighted by Gasteiger charge is -2.01. The Balaban J connectivity index is 3.57. The van der Waals surface area contributed by atoms with Gasteiger partial charge in [0, 0.05) is 4.47 Å². The van der Waals surface area contributed by atoms with Crippen LogP contribution in [-0.2, 0) is 10.2 Å². The first-order valence-electron chi connectivity index (χ1n) is 2.91. The molecular weight excluding hydrogens is 289 g/mol. The Morgan fingerprint density at radius 1 is 1.38 bits per heavy atom. The van der Waals surface area contributed by atoms with E-state index in [-0.39, 0.29) is 4.47 Å². The second-order valence-corrected chi connectivity index (χ2v) is 4.68. The number of halogens is 4. The molecule has 0 saturated heterocycles. The standard InChI is InChI=1S/C6H2BrClF2O2S/c7-4-1-3(9)2-5(8)6(4)13(10,11)12/h1-2H. The van der Waals surface area contributed by atoms with Crippen molar-refractivity contribution in [3.05, 3.63) is 27.4 Å². The molecule has 0 saturated carbocycles. The lowest BCUT2D eigenvalue weighted by atomic mass is 10.3. The smallest absolute Gasteiger partial charge is 0.207 e. The van der Waals surface area contributed by atoms with Crippen molar-refractivity contribution in [2.24, 2.45) is 0 Å². The molecule has 7 heteroatoms. The first-order chi connectivity index (χ1) is 5.82. The Morgan fingerprint density at radius 2 is 1.92 bits per heavy atom. The summed E-state index contributed by atoms with van der Waals surface area (Å²) < 4.78 is 45.8. The van der Waals surface area contributed by atoms with Crippen LogP contribution in [0.4, 0.5) is 8.28 Å². The van der Waals surface area contributed by atoms with Crippen LogP contribution in [0, 0.1) is 5.82 Å². The van der Waals surface area contributed by atoms with E-state index in [9.17, 15) is 16.7 Å². The molecule has 0 aliphatic carbocycles. The van der Waals surface area contributed by atoms with Gasteiger partial charge in [0.05, 0.1) is 5.02 Å². The van der Waals surface area contributed by atoms with Crippen molar-refractivity contribution in [1.82, 2.24) is 0 Å². The molecule has 0 radical (unpaired) electrons. The van der Waals surface area contributed by atoms with Gasteiger partial charge in [-0.2, -0.15) is 8.42 Å². The Labute approximate surface area is 86.9 Å². The zero-order chi connectivity index (χ0) is 10.2. The molecule has 0 aliphatic heterocycles. The summed E-state index contributed by atoms with van der Waals surface area (Å²) in [6.45, 7) is 0. The highest BCUT2D eigenvalue weighted by atomic mass is 79.9. The van der Waals surface area contributed by atoms with Crippen LogP contribution in [-0.4, -0.2) is 8.42 Å². The molecule has 1 rings (SSSR count). The highest BCUT2D eigenvalue weighted by molar-refractivity contribution is 9.10. The van der Waals surface area contributed by atoms with Gasteiger partial charge in [0.15, 0.2) is 0 Å². The quantitative estimate of drug-likeness (QED) is 0.746. The van der Waals surface area contributed by atoms with E-state index in [4.69, 9.17) is 11.6 Å². The molecule has 2 nitrogen and oxygen atoms in total. The van der Waals surface area contributed by atoms with Gasteiger partial charge in [0.25, 0.3) is 0 Å². The maximum absolute atomic E-state index is 12.6. The zero-order valence-corrected chi connectivity index (χ0v) is 9.05. The summed E-state index contributed by atoms with van der Waals surface area (Å²) in [5.74, 6) is -0.746. The summed E-state index contributed by atoms with van der Waals surface area (Å²) in [7, 11) is -4.93. The van der Waals surface area contributed by atoms with Gasteiger partial charge < -0.3 is 0 Å². The fourth-order valence-electron chi connectivity index (χ4n) is 0.762. The molecule has 0 aliphatic rings. The topological polar surface area (TPSA) is 34.1 Å². The number of benzene rings is 1. The van der Waals surface area contributed by atoms with Crippen LogP contribution in [0.15, 0.2) is 21.5 Å². The third-order valence-corrected chi connectivity index (χ3v) is 3.43. The molecule has 13 heavy (non-hydrogen) atoms. The lowest BCUT2D eigenvalue weighted by molar-refractivity contribution is 0.551. The van der Waals surface area contributed by atoms with Crippen LogP contribution in [0.1, 0.15) is 0 Å². The highest BCUT2D eigenvalue weighted by Crippen LogP contribution is 2.31. The Morgan fingerprint density at radius 3 is 2.31 bits per heavy atom. The van der Waals surface area contributed by atoms with Crippen LogP contribution >= 0.6 is 27.5 Å². The minimum atomic E-state index is -4.93. The summed E-state index contributed by atoms with van der Waals surface area (Å²) in [4.78, 5) is -0.754. The van der Waals surface area contributed by atoms with Crippen LogP contribution in [0.3, 0.4) is 0 Å². The fraction of sp³-hybridized carbons (Fsp3) is 0. The average Bonchev–Trinajstić information content (AvgIpc) is 1.78. The van der Waals surface area contributed by atoms with E-state index in [1.165, 1.54) is 0 Å². The van der Waals surface area contributed by atoms with Crippen LogP contribution in [0.25, 0.3) is 0 Å². The SMILES string of the molecule is O=S(=O)(F)c1c(Cl)cc(F)cc1Br. The molecule has 0 unspecified atom stereocenters. The second kappa shape index (κ2) is 3.51. The monoisotopic (exact) mass is 290 g/mol. The van der Waals surface area contributed by atoms with Gasteiger partial charge in [-0.15, -0.1) is 3.89 Å². The van der Waals surface area contributed by atoms with E-state index in [1.54, 1.807) is 0 Å². The molecule has 0 atom stereocenters. The number of rotatable bonds is 1. The van der Waals surface area contributed by atoms with E-state index < -0.39 is 26.0 Å². The predicted octanol–water partition coefficient (Wildman–Crippen LogP) is 2.90. The summed E-state index contributed by atoms with van der Waals surface area (Å²) in [5.41, 5.74) is 0. The number of hydrogen-bond donors (Lipinski definition) is 0. The van der Waals surface area contributed by atoms with Gasteiger partial charge in [-0.1, -0.05) is 11.6 Å². The fourth-order valence-corrected chi connectivity index (χ4v) is 2.95. The van der Waals surface area contributed by atoms with Crippen molar-refractivity contribution in [1.29, 1.82) is 0 Å². The van der Waals surface area contributed by atoms with Gasteiger partial charge in [-0.3, -0.25) is 0 Å². The lowest BCUT2D eigenvalue weighted by Crippen LogP contribution is -1.95. The molecule has 0 spiro atoms. The summed E-state index contributed by atoms with van der Waals surface area (Å²) in [6, 6.07) is 1.54. The molecule has 1 aromatic carbocycles. The maximum Gasteiger partial charge on any atom is 0.334 e. The van der Waals surface area contributed by atoms with E-state index >= 15 is 0 Å². The predicted molar refractivity (Wildman–Crippen MR) is 47.4 cm³/mol.